The van der Waals surface area contributed by atoms with E-state index >= 15 is 0 Å². The first-order chi connectivity index (χ1) is 34.0. The van der Waals surface area contributed by atoms with Crippen LogP contribution in [0, 0.1) is 55.4 Å². The largest absolute Gasteiger partial charge is 0.451 e. The van der Waals surface area contributed by atoms with E-state index < -0.39 is 14.7 Å². The van der Waals surface area contributed by atoms with Gasteiger partial charge in [0.2, 0.25) is 0 Å². The van der Waals surface area contributed by atoms with Gasteiger partial charge < -0.3 is 27.1 Å². The normalized spacial score (nSPS) is 13.1. The molecule has 0 aliphatic heterocycles. The molecule has 0 radical (unpaired) electrons. The van der Waals surface area contributed by atoms with Gasteiger partial charge in [-0.1, -0.05) is 85.5 Å². The Morgan fingerprint density at radius 2 is 0.529 bits per heavy atom. The van der Waals surface area contributed by atoms with Gasteiger partial charge in [-0.05, 0) is 175 Å². The number of nitrogens with zero attached hydrogens (tertiary/aromatic N) is 4. The van der Waals surface area contributed by atoms with E-state index in [1.165, 1.54) is 108 Å². The van der Waals surface area contributed by atoms with Gasteiger partial charge in [-0.2, -0.15) is 0 Å². The summed E-state index contributed by atoms with van der Waals surface area (Å²) in [4.78, 5) is 0. The maximum atomic E-state index is 7.71. The van der Waals surface area contributed by atoms with Gasteiger partial charge in [-0.3, -0.25) is 0 Å². The van der Waals surface area contributed by atoms with Gasteiger partial charge in [0, 0.05) is 33.0 Å². The quantitative estimate of drug-likeness (QED) is 0.130. The van der Waals surface area contributed by atoms with Crippen LogP contribution in [0.4, 0.5) is 0 Å². The summed E-state index contributed by atoms with van der Waals surface area (Å²) in [7, 11) is -2.39. The highest BCUT2D eigenvalue weighted by Gasteiger charge is 2.33. The molecule has 6 heterocycles. The third-order valence-electron chi connectivity index (χ3n) is 15.0. The minimum Gasteiger partial charge on any atom is -0.451 e. The van der Waals surface area contributed by atoms with E-state index in [-0.39, 0.29) is 0 Å². The topological polar surface area (TPSA) is 46.0 Å². The molecule has 0 aliphatic rings. The first-order valence-corrected chi connectivity index (χ1v) is 26.9. The molecule has 2 atom stereocenters. The lowest BCUT2D eigenvalue weighted by Gasteiger charge is -2.30. The predicted octanol–water partition coefficient (Wildman–Crippen LogP) is 18.6. The number of aromatic nitrogens is 4. The van der Waals surface area contributed by atoms with E-state index in [1.54, 1.807) is 0 Å². The number of hydrogen-bond acceptors (Lipinski definition) is 2. The Hall–Kier alpha value is -7.62. The maximum absolute atomic E-state index is 7.71. The van der Waals surface area contributed by atoms with Gasteiger partial charge in [0.05, 0.1) is 64.6 Å². The Balaban J connectivity index is 1.32. The van der Waals surface area contributed by atoms with Crippen LogP contribution >= 0.6 is 14.7 Å². The second-order valence-corrected chi connectivity index (χ2v) is 24.2. The number of fused-ring (bicyclic) bond motifs is 2. The molecule has 0 saturated heterocycles. The number of aryl methyl sites for hydroxylation is 8. The van der Waals surface area contributed by atoms with Gasteiger partial charge in [0.1, 0.15) is 11.2 Å². The van der Waals surface area contributed by atoms with E-state index in [1.807, 2.05) is 0 Å². The van der Waals surface area contributed by atoms with Crippen LogP contribution in [0.5, 0.6) is 0 Å². The molecular weight excluding hydrogens is 895 g/mol. The molecule has 8 heteroatoms. The summed E-state index contributed by atoms with van der Waals surface area (Å²) in [5.41, 5.74) is 27.3. The molecular formula is C62H48N4O2P2. The van der Waals surface area contributed by atoms with Gasteiger partial charge in [0.15, 0.2) is 11.2 Å². The van der Waals surface area contributed by atoms with Crippen LogP contribution < -0.4 is 0 Å². The van der Waals surface area contributed by atoms with Crippen molar-refractivity contribution in [2.45, 2.75) is 55.4 Å². The summed E-state index contributed by atoms with van der Waals surface area (Å²) in [6.07, 6.45) is 0. The fraction of sp³-hybridized carbons (Fsp3) is 0.129. The molecule has 0 amide bonds. The number of rotatable bonds is 4. The first kappa shape index (κ1) is 40.3. The van der Waals surface area contributed by atoms with Crippen molar-refractivity contribution in [1.82, 2.24) is 18.3 Å². The van der Waals surface area contributed by atoms with Gasteiger partial charge in [-0.25, -0.2) is 0 Å². The lowest BCUT2D eigenvalue weighted by Crippen LogP contribution is -2.10. The zero-order chi connectivity index (χ0) is 47.2. The van der Waals surface area contributed by atoms with E-state index in [0.29, 0.717) is 0 Å². The van der Waals surface area contributed by atoms with Crippen LogP contribution in [0.1, 0.15) is 44.5 Å². The highest BCUT2D eigenvalue weighted by atomic mass is 31.1. The maximum Gasteiger partial charge on any atom is 0.184 e. The number of benzene rings is 9. The van der Waals surface area contributed by atoms with Crippen molar-refractivity contribution in [3.05, 3.63) is 190 Å². The molecule has 0 saturated carbocycles. The Morgan fingerprint density at radius 3 is 0.843 bits per heavy atom. The van der Waals surface area contributed by atoms with Gasteiger partial charge in [0.25, 0.3) is 0 Å². The average Bonchev–Trinajstić information content (AvgIpc) is 3.33. The molecule has 0 fully saturated rings. The Labute approximate surface area is 405 Å². The van der Waals surface area contributed by atoms with Crippen molar-refractivity contribution in [3.8, 4) is 22.7 Å². The summed E-state index contributed by atoms with van der Waals surface area (Å²) >= 11 is 0. The van der Waals surface area contributed by atoms with Crippen LogP contribution in [0.2, 0.25) is 0 Å². The van der Waals surface area contributed by atoms with Crippen LogP contribution in [0.25, 0.3) is 120 Å². The van der Waals surface area contributed by atoms with Gasteiger partial charge >= 0.3 is 0 Å². The predicted molar refractivity (Wildman–Crippen MR) is 298 cm³/mol. The molecule has 0 aliphatic carbocycles. The van der Waals surface area contributed by atoms with E-state index in [9.17, 15) is 0 Å². The minimum atomic E-state index is -1.19. The molecule has 15 rings (SSSR count). The van der Waals surface area contributed by atoms with Crippen molar-refractivity contribution < 1.29 is 8.83 Å². The molecule has 6 aromatic heterocycles. The molecule has 0 N–H and O–H groups in total. The van der Waals surface area contributed by atoms with Crippen LogP contribution in [-0.4, -0.2) is 18.3 Å². The second kappa shape index (κ2) is 14.0. The summed E-state index contributed by atoms with van der Waals surface area (Å²) in [6.45, 7) is 17.6. The molecule has 70 heavy (non-hydrogen) atoms. The molecule has 2 unspecified atom stereocenters. The Bertz CT molecular complexity index is 4440. The van der Waals surface area contributed by atoms with Crippen molar-refractivity contribution in [2.75, 3.05) is 0 Å². The number of hydrogen-bond donors (Lipinski definition) is 0. The highest BCUT2D eigenvalue weighted by Crippen LogP contribution is 2.63. The molecule has 0 bridgehead atoms. The SMILES string of the molecule is Cc1ccc(-n2c3cc(C)cc4oc5c6oc7cc(C)cc8c7p7c9c(cc(C)cc9n(-c9ccc(C)cc9)c(c9c5p(c43)c3c2cc(C)cc3n9-c2ccc(C)cc2)c67)n8-c2ccc(C)cc2)cc1. The van der Waals surface area contributed by atoms with Crippen LogP contribution in [-0.2, 0) is 0 Å². The summed E-state index contributed by atoms with van der Waals surface area (Å²) in [5, 5.41) is 7.61. The lowest BCUT2D eigenvalue weighted by atomic mass is 10.1. The fourth-order valence-corrected chi connectivity index (χ4v) is 17.9. The van der Waals surface area contributed by atoms with E-state index in [0.717, 1.165) is 56.2 Å². The van der Waals surface area contributed by atoms with Crippen molar-refractivity contribution in [1.29, 1.82) is 0 Å². The zero-order valence-electron chi connectivity index (χ0n) is 40.4. The van der Waals surface area contributed by atoms with Gasteiger partial charge in [-0.15, -0.1) is 0 Å². The molecule has 0 spiro atoms. The van der Waals surface area contributed by atoms with Crippen LogP contribution in [0.3, 0.4) is 0 Å². The summed E-state index contributed by atoms with van der Waals surface area (Å²) in [6, 6.07) is 55.4. The smallest absolute Gasteiger partial charge is 0.184 e. The molecule has 15 aromatic rings. The van der Waals surface area contributed by atoms with Crippen molar-refractivity contribution in [2.24, 2.45) is 0 Å². The average molecular weight is 943 g/mol. The van der Waals surface area contributed by atoms with E-state index in [2.05, 4.69) is 219 Å². The molecule has 338 valence electrons. The summed E-state index contributed by atoms with van der Waals surface area (Å²) in [5.74, 6) is 0. The molecule has 6 nitrogen and oxygen atoms in total. The minimum absolute atomic E-state index is 0.847. The van der Waals surface area contributed by atoms with E-state index in [4.69, 9.17) is 8.83 Å². The Morgan fingerprint density at radius 1 is 0.271 bits per heavy atom. The summed E-state index contributed by atoms with van der Waals surface area (Å²) < 4.78 is 25.6. The zero-order valence-corrected chi connectivity index (χ0v) is 42.1. The highest BCUT2D eigenvalue weighted by molar-refractivity contribution is 7.65. The van der Waals surface area contributed by atoms with Crippen molar-refractivity contribution >= 4 is 112 Å². The first-order valence-electron chi connectivity index (χ1n) is 24.2. The third-order valence-corrected chi connectivity index (χ3v) is 20.3. The lowest BCUT2D eigenvalue weighted by molar-refractivity contribution is 0.626. The monoisotopic (exact) mass is 942 g/mol. The third kappa shape index (κ3) is 5.30. The second-order valence-electron chi connectivity index (χ2n) is 20.2. The standard InChI is InChI=1S/C62H48N4O2P2/c1-33-9-17-41(18-10-33)63-45-25-37(5)27-47-57(45)69-59-49(63)29-39(7)31-51(59)67-55-56-62-54(53(61(55)69)65(47)43-21-13-35(3)14-22-43)66(44-23-15-36(4)16-24-44)48-28-38(6)26-46-58(48)70(62)60-50(30-40(8)32-52(60)68-56)64(46)42-19-11-34(2)12-20-42/h9-32H,1-8H3. The molecule has 9 aromatic carbocycles. The Kier molecular flexibility index (Phi) is 8.06. The van der Waals surface area contributed by atoms with Crippen LogP contribution in [0.15, 0.2) is 154 Å². The van der Waals surface area contributed by atoms with Crippen molar-refractivity contribution in [3.63, 3.8) is 0 Å². The fourth-order valence-electron chi connectivity index (χ4n) is 12.0.